The second kappa shape index (κ2) is 4.01. The van der Waals surface area contributed by atoms with Crippen molar-refractivity contribution in [3.8, 4) is 0 Å². The van der Waals surface area contributed by atoms with Crippen molar-refractivity contribution in [1.82, 2.24) is 4.57 Å². The van der Waals surface area contributed by atoms with Crippen molar-refractivity contribution in [3.05, 3.63) is 53.8 Å². The standard InChI is InChI=1S/C15H17N/c1-11(2)9-10-13-12(3)16(4)15-8-6-5-7-14(13)15/h5-10H,1H2,2-4H3/b10-9-. The Kier molecular flexibility index (Phi) is 2.69. The average Bonchev–Trinajstić information content (AvgIpc) is 2.50. The van der Waals surface area contributed by atoms with E-state index in [0.29, 0.717) is 0 Å². The molecule has 0 aliphatic carbocycles. The number of hydrogen-bond acceptors (Lipinski definition) is 0. The predicted molar refractivity (Wildman–Crippen MR) is 71.5 cm³/mol. The summed E-state index contributed by atoms with van der Waals surface area (Å²) >= 11 is 0. The molecule has 0 saturated carbocycles. The van der Waals surface area contributed by atoms with Crippen molar-refractivity contribution in [2.24, 2.45) is 7.05 Å². The molecular weight excluding hydrogens is 194 g/mol. The Balaban J connectivity index is 2.69. The molecule has 0 N–H and O–H groups in total. The first-order chi connectivity index (χ1) is 7.61. The van der Waals surface area contributed by atoms with E-state index in [1.165, 1.54) is 22.2 Å². The van der Waals surface area contributed by atoms with Crippen molar-refractivity contribution in [1.29, 1.82) is 0 Å². The van der Waals surface area contributed by atoms with Gasteiger partial charge in [0.25, 0.3) is 0 Å². The molecule has 0 radical (unpaired) electrons. The van der Waals surface area contributed by atoms with Gasteiger partial charge < -0.3 is 4.57 Å². The molecule has 82 valence electrons. The zero-order valence-electron chi connectivity index (χ0n) is 10.1. The summed E-state index contributed by atoms with van der Waals surface area (Å²) in [6.07, 6.45) is 4.22. The number of para-hydroxylation sites is 1. The summed E-state index contributed by atoms with van der Waals surface area (Å²) in [4.78, 5) is 0. The SMILES string of the molecule is C=C(C)/C=C\c1c(C)n(C)c2ccccc12. The van der Waals surface area contributed by atoms with Crippen molar-refractivity contribution < 1.29 is 0 Å². The third kappa shape index (κ3) is 1.69. The van der Waals surface area contributed by atoms with Gasteiger partial charge in [-0.2, -0.15) is 0 Å². The molecule has 0 atom stereocenters. The lowest BCUT2D eigenvalue weighted by atomic mass is 10.1. The van der Waals surface area contributed by atoms with E-state index in [2.05, 4.69) is 61.5 Å². The van der Waals surface area contributed by atoms with Gasteiger partial charge in [0.1, 0.15) is 0 Å². The molecule has 1 heteroatoms. The molecular formula is C15H17N. The highest BCUT2D eigenvalue weighted by Gasteiger charge is 2.07. The maximum Gasteiger partial charge on any atom is 0.0486 e. The average molecular weight is 211 g/mol. The molecule has 1 nitrogen and oxygen atoms in total. The molecule has 1 aromatic carbocycles. The molecule has 16 heavy (non-hydrogen) atoms. The maximum atomic E-state index is 3.89. The highest BCUT2D eigenvalue weighted by molar-refractivity contribution is 5.91. The van der Waals surface area contributed by atoms with E-state index < -0.39 is 0 Å². The predicted octanol–water partition coefficient (Wildman–Crippen LogP) is 4.08. The molecule has 0 amide bonds. The number of hydrogen-bond donors (Lipinski definition) is 0. The Morgan fingerprint density at radius 1 is 1.31 bits per heavy atom. The Morgan fingerprint density at radius 2 is 2.00 bits per heavy atom. The number of allylic oxidation sites excluding steroid dienone is 2. The van der Waals surface area contributed by atoms with E-state index in [1.807, 2.05) is 6.92 Å². The van der Waals surface area contributed by atoms with Gasteiger partial charge in [-0.3, -0.25) is 0 Å². The van der Waals surface area contributed by atoms with Gasteiger partial charge in [-0.25, -0.2) is 0 Å². The Hall–Kier alpha value is -1.76. The van der Waals surface area contributed by atoms with E-state index in [4.69, 9.17) is 0 Å². The fourth-order valence-electron chi connectivity index (χ4n) is 1.99. The van der Waals surface area contributed by atoms with Crippen LogP contribution in [0.3, 0.4) is 0 Å². The van der Waals surface area contributed by atoms with Crippen molar-refractivity contribution >= 4 is 17.0 Å². The third-order valence-electron chi connectivity index (χ3n) is 2.98. The molecule has 0 fully saturated rings. The quantitative estimate of drug-likeness (QED) is 0.660. The molecule has 0 unspecified atom stereocenters. The van der Waals surface area contributed by atoms with Gasteiger partial charge in [0.05, 0.1) is 0 Å². The number of aryl methyl sites for hydroxylation is 1. The van der Waals surface area contributed by atoms with Crippen LogP contribution in [0.5, 0.6) is 0 Å². The summed E-state index contributed by atoms with van der Waals surface area (Å²) in [5, 5.41) is 1.31. The van der Waals surface area contributed by atoms with Crippen LogP contribution in [0.15, 0.2) is 42.5 Å². The molecule has 1 aromatic heterocycles. The minimum absolute atomic E-state index is 1.08. The van der Waals surface area contributed by atoms with Gasteiger partial charge in [-0.1, -0.05) is 42.5 Å². The van der Waals surface area contributed by atoms with Gasteiger partial charge in [-0.05, 0) is 19.9 Å². The summed E-state index contributed by atoms with van der Waals surface area (Å²) < 4.78 is 2.23. The molecule has 0 spiro atoms. The van der Waals surface area contributed by atoms with Crippen molar-refractivity contribution in [2.75, 3.05) is 0 Å². The zero-order chi connectivity index (χ0) is 11.7. The molecule has 2 aromatic rings. The number of benzene rings is 1. The monoisotopic (exact) mass is 211 g/mol. The van der Waals surface area contributed by atoms with Gasteiger partial charge in [0.15, 0.2) is 0 Å². The van der Waals surface area contributed by atoms with Gasteiger partial charge in [0.2, 0.25) is 0 Å². The maximum absolute atomic E-state index is 3.89. The van der Waals surface area contributed by atoms with E-state index in [1.54, 1.807) is 0 Å². The second-order valence-electron chi connectivity index (χ2n) is 4.25. The zero-order valence-corrected chi connectivity index (χ0v) is 10.1. The van der Waals surface area contributed by atoms with Crippen molar-refractivity contribution in [2.45, 2.75) is 13.8 Å². The topological polar surface area (TPSA) is 4.93 Å². The van der Waals surface area contributed by atoms with Crippen LogP contribution < -0.4 is 0 Å². The lowest BCUT2D eigenvalue weighted by Crippen LogP contribution is -1.89. The highest BCUT2D eigenvalue weighted by Crippen LogP contribution is 2.25. The van der Waals surface area contributed by atoms with E-state index >= 15 is 0 Å². The van der Waals surface area contributed by atoms with E-state index in [-0.39, 0.29) is 0 Å². The van der Waals surface area contributed by atoms with Crippen LogP contribution in [0, 0.1) is 6.92 Å². The summed E-state index contributed by atoms with van der Waals surface area (Å²) in [5.74, 6) is 0. The number of fused-ring (bicyclic) bond motifs is 1. The van der Waals surface area contributed by atoms with Gasteiger partial charge >= 0.3 is 0 Å². The van der Waals surface area contributed by atoms with Crippen LogP contribution in [0.4, 0.5) is 0 Å². The Morgan fingerprint density at radius 3 is 2.69 bits per heavy atom. The largest absolute Gasteiger partial charge is 0.347 e. The normalized spacial score (nSPS) is 11.4. The first kappa shape index (κ1) is 10.7. The fraction of sp³-hybridized carbons (Fsp3) is 0.200. The third-order valence-corrected chi connectivity index (χ3v) is 2.98. The minimum atomic E-state index is 1.08. The first-order valence-corrected chi connectivity index (χ1v) is 5.49. The van der Waals surface area contributed by atoms with Crippen LogP contribution in [0.2, 0.25) is 0 Å². The number of aromatic nitrogens is 1. The fourth-order valence-corrected chi connectivity index (χ4v) is 1.99. The van der Waals surface area contributed by atoms with Crippen LogP contribution in [-0.4, -0.2) is 4.57 Å². The molecule has 1 heterocycles. The van der Waals surface area contributed by atoms with E-state index in [0.717, 1.165) is 5.57 Å². The van der Waals surface area contributed by atoms with Crippen LogP contribution in [0.1, 0.15) is 18.2 Å². The highest BCUT2D eigenvalue weighted by atomic mass is 14.9. The van der Waals surface area contributed by atoms with Gasteiger partial charge in [0, 0.05) is 29.2 Å². The molecule has 0 aliphatic heterocycles. The van der Waals surface area contributed by atoms with Crippen LogP contribution in [-0.2, 0) is 7.05 Å². The summed E-state index contributed by atoms with van der Waals surface area (Å²) in [7, 11) is 2.11. The number of nitrogens with zero attached hydrogens (tertiary/aromatic N) is 1. The smallest absolute Gasteiger partial charge is 0.0486 e. The molecule has 2 rings (SSSR count). The summed E-state index contributed by atoms with van der Waals surface area (Å²) in [6, 6.07) is 8.48. The molecule has 0 bridgehead atoms. The minimum Gasteiger partial charge on any atom is -0.347 e. The second-order valence-corrected chi connectivity index (χ2v) is 4.25. The Bertz CT molecular complexity index is 570. The lowest BCUT2D eigenvalue weighted by Gasteiger charge is -1.97. The summed E-state index contributed by atoms with van der Waals surface area (Å²) in [6.45, 7) is 8.05. The summed E-state index contributed by atoms with van der Waals surface area (Å²) in [5.41, 5.74) is 4.94. The Labute approximate surface area is 96.7 Å². The molecule has 0 aliphatic rings. The van der Waals surface area contributed by atoms with Crippen LogP contribution >= 0.6 is 0 Å². The molecule has 0 saturated heterocycles. The van der Waals surface area contributed by atoms with Crippen molar-refractivity contribution in [3.63, 3.8) is 0 Å². The van der Waals surface area contributed by atoms with Crippen LogP contribution in [0.25, 0.3) is 17.0 Å². The van der Waals surface area contributed by atoms with Gasteiger partial charge in [-0.15, -0.1) is 0 Å². The number of rotatable bonds is 2. The first-order valence-electron chi connectivity index (χ1n) is 5.49. The lowest BCUT2D eigenvalue weighted by molar-refractivity contribution is 0.916. The van der Waals surface area contributed by atoms with E-state index in [9.17, 15) is 0 Å².